The van der Waals surface area contributed by atoms with Gasteiger partial charge < -0.3 is 0 Å². The van der Waals surface area contributed by atoms with Gasteiger partial charge in [0, 0.05) is 6.20 Å². The first kappa shape index (κ1) is 13.5. The molecule has 1 aromatic rings. The first-order chi connectivity index (χ1) is 6.86. The van der Waals surface area contributed by atoms with Gasteiger partial charge in [-0.1, -0.05) is 6.92 Å². The van der Waals surface area contributed by atoms with Crippen molar-refractivity contribution >= 4 is 10.4 Å². The highest BCUT2D eigenvalue weighted by molar-refractivity contribution is 7.79. The van der Waals surface area contributed by atoms with Gasteiger partial charge in [0.15, 0.2) is 0 Å². The van der Waals surface area contributed by atoms with Gasteiger partial charge >= 0.3 is 10.4 Å². The van der Waals surface area contributed by atoms with Crippen molar-refractivity contribution in [2.75, 3.05) is 0 Å². The van der Waals surface area contributed by atoms with Crippen molar-refractivity contribution in [1.82, 2.24) is 4.98 Å². The zero-order valence-electron chi connectivity index (χ0n) is 7.95. The van der Waals surface area contributed by atoms with Crippen molar-refractivity contribution in [3.63, 3.8) is 0 Å². The van der Waals surface area contributed by atoms with E-state index in [1.807, 2.05) is 12.1 Å². The first-order valence-electron chi connectivity index (χ1n) is 3.91. The molecule has 0 saturated carbocycles. The Kier molecular flexibility index (Phi) is 5.48. The van der Waals surface area contributed by atoms with E-state index in [0.29, 0.717) is 5.69 Å². The van der Waals surface area contributed by atoms with Crippen LogP contribution in [0, 0.1) is 11.3 Å². The van der Waals surface area contributed by atoms with Crippen LogP contribution in [0.15, 0.2) is 18.3 Å². The maximum atomic E-state index is 8.74. The summed E-state index contributed by atoms with van der Waals surface area (Å²) in [5.74, 6) is 0. The summed E-state index contributed by atoms with van der Waals surface area (Å²) >= 11 is 0. The molecule has 0 saturated heterocycles. The van der Waals surface area contributed by atoms with Gasteiger partial charge in [0.1, 0.15) is 11.8 Å². The average Bonchev–Trinajstić information content (AvgIpc) is 2.15. The van der Waals surface area contributed by atoms with E-state index in [2.05, 4.69) is 11.9 Å². The number of aromatic nitrogens is 1. The largest absolute Gasteiger partial charge is 0.394 e. The highest BCUT2D eigenvalue weighted by Crippen LogP contribution is 2.00. The van der Waals surface area contributed by atoms with Crippen molar-refractivity contribution in [2.24, 2.45) is 0 Å². The molecule has 15 heavy (non-hydrogen) atoms. The quantitative estimate of drug-likeness (QED) is 0.692. The summed E-state index contributed by atoms with van der Waals surface area (Å²) in [6.07, 6.45) is 2.62. The van der Waals surface area contributed by atoms with Gasteiger partial charge in [-0.15, -0.1) is 0 Å². The second kappa shape index (κ2) is 6.08. The van der Waals surface area contributed by atoms with Crippen LogP contribution < -0.4 is 0 Å². The lowest BCUT2D eigenvalue weighted by Crippen LogP contribution is -1.89. The maximum Gasteiger partial charge on any atom is 0.394 e. The average molecular weight is 230 g/mol. The Labute approximate surface area is 87.8 Å². The van der Waals surface area contributed by atoms with E-state index < -0.39 is 10.4 Å². The third kappa shape index (κ3) is 8.83. The van der Waals surface area contributed by atoms with E-state index in [0.717, 1.165) is 12.0 Å². The second-order valence-corrected chi connectivity index (χ2v) is 3.36. The molecule has 0 aliphatic carbocycles. The Morgan fingerprint density at radius 1 is 1.53 bits per heavy atom. The molecule has 1 rings (SSSR count). The van der Waals surface area contributed by atoms with Gasteiger partial charge in [-0.05, 0) is 24.1 Å². The Morgan fingerprint density at radius 3 is 2.47 bits per heavy atom. The van der Waals surface area contributed by atoms with Crippen molar-refractivity contribution < 1.29 is 17.5 Å². The number of hydrogen-bond acceptors (Lipinski definition) is 4. The fourth-order valence-corrected chi connectivity index (χ4v) is 0.755. The van der Waals surface area contributed by atoms with Gasteiger partial charge in [0.25, 0.3) is 0 Å². The number of nitrogens with zero attached hydrogens (tertiary/aromatic N) is 2. The zero-order valence-corrected chi connectivity index (χ0v) is 8.77. The van der Waals surface area contributed by atoms with E-state index in [4.69, 9.17) is 22.8 Å². The predicted molar refractivity (Wildman–Crippen MR) is 52.5 cm³/mol. The summed E-state index contributed by atoms with van der Waals surface area (Å²) in [5.41, 5.74) is 1.66. The number of pyridine rings is 1. The van der Waals surface area contributed by atoms with E-state index in [9.17, 15) is 0 Å². The first-order valence-corrected chi connectivity index (χ1v) is 5.31. The zero-order chi connectivity index (χ0) is 11.9. The molecule has 0 atom stereocenters. The lowest BCUT2D eigenvalue weighted by atomic mass is 10.2. The highest BCUT2D eigenvalue weighted by atomic mass is 32.3. The standard InChI is InChI=1S/C8H8N2.H2O4S/c1-2-7-3-4-10-8(5-7)6-9;1-5(2,3)4/h3-5H,2H2,1H3;(H2,1,2,3,4). The molecular formula is C8H10N2O4S. The number of nitriles is 1. The Hall–Kier alpha value is -1.49. The fraction of sp³-hybridized carbons (Fsp3) is 0.250. The summed E-state index contributed by atoms with van der Waals surface area (Å²) in [5, 5.41) is 8.45. The molecule has 2 N–H and O–H groups in total. The molecule has 6 nitrogen and oxygen atoms in total. The monoisotopic (exact) mass is 230 g/mol. The molecule has 0 unspecified atom stereocenters. The lowest BCUT2D eigenvalue weighted by molar-refractivity contribution is 0.381. The van der Waals surface area contributed by atoms with E-state index in [-0.39, 0.29) is 0 Å². The summed E-state index contributed by atoms with van der Waals surface area (Å²) in [6.45, 7) is 2.05. The van der Waals surface area contributed by atoms with Crippen LogP contribution in [0.1, 0.15) is 18.2 Å². The minimum Gasteiger partial charge on any atom is -0.264 e. The molecule has 1 heterocycles. The normalized spacial score (nSPS) is 9.73. The fourth-order valence-electron chi connectivity index (χ4n) is 0.755. The van der Waals surface area contributed by atoms with Crippen molar-refractivity contribution in [2.45, 2.75) is 13.3 Å². The summed E-state index contributed by atoms with van der Waals surface area (Å²) < 4.78 is 31.6. The van der Waals surface area contributed by atoms with Crippen LogP contribution in [0.3, 0.4) is 0 Å². The van der Waals surface area contributed by atoms with Crippen LogP contribution >= 0.6 is 0 Å². The third-order valence-corrected chi connectivity index (χ3v) is 1.35. The molecule has 0 aliphatic heterocycles. The highest BCUT2D eigenvalue weighted by Gasteiger charge is 1.91. The van der Waals surface area contributed by atoms with E-state index in [1.54, 1.807) is 12.3 Å². The molecule has 0 aromatic carbocycles. The van der Waals surface area contributed by atoms with Gasteiger partial charge in [0.2, 0.25) is 0 Å². The minimum absolute atomic E-state index is 0.499. The Balaban J connectivity index is 0.000000336. The van der Waals surface area contributed by atoms with Crippen LogP contribution in [0.4, 0.5) is 0 Å². The molecule has 0 bridgehead atoms. The van der Waals surface area contributed by atoms with Gasteiger partial charge in [0.05, 0.1) is 0 Å². The van der Waals surface area contributed by atoms with Crippen LogP contribution in [0.5, 0.6) is 0 Å². The Bertz CT molecular complexity index is 442. The smallest absolute Gasteiger partial charge is 0.264 e. The summed E-state index contributed by atoms with van der Waals surface area (Å²) in [6, 6.07) is 5.71. The number of hydrogen-bond donors (Lipinski definition) is 2. The molecule has 0 radical (unpaired) electrons. The van der Waals surface area contributed by atoms with E-state index >= 15 is 0 Å². The molecule has 0 spiro atoms. The van der Waals surface area contributed by atoms with Crippen LogP contribution in [-0.4, -0.2) is 22.5 Å². The van der Waals surface area contributed by atoms with Gasteiger partial charge in [-0.2, -0.15) is 13.7 Å². The molecule has 7 heteroatoms. The van der Waals surface area contributed by atoms with Crippen molar-refractivity contribution in [3.05, 3.63) is 29.6 Å². The molecule has 0 amide bonds. The van der Waals surface area contributed by atoms with Gasteiger partial charge in [-0.3, -0.25) is 9.11 Å². The molecule has 82 valence electrons. The molecular weight excluding hydrogens is 220 g/mol. The van der Waals surface area contributed by atoms with Crippen molar-refractivity contribution in [3.8, 4) is 6.07 Å². The van der Waals surface area contributed by atoms with E-state index in [1.165, 1.54) is 0 Å². The molecule has 1 aromatic heterocycles. The van der Waals surface area contributed by atoms with Crippen molar-refractivity contribution in [1.29, 1.82) is 5.26 Å². The summed E-state index contributed by atoms with van der Waals surface area (Å²) in [7, 11) is -4.67. The topological polar surface area (TPSA) is 111 Å². The number of aryl methyl sites for hydroxylation is 1. The maximum absolute atomic E-state index is 8.74. The van der Waals surface area contributed by atoms with Crippen LogP contribution in [0.2, 0.25) is 0 Å². The SMILES string of the molecule is CCc1ccnc(C#N)c1.O=S(=O)(O)O. The lowest BCUT2D eigenvalue weighted by Gasteiger charge is -1.92. The van der Waals surface area contributed by atoms with Gasteiger partial charge in [-0.25, -0.2) is 4.98 Å². The molecule has 0 aliphatic rings. The minimum atomic E-state index is -4.67. The predicted octanol–water partition coefficient (Wildman–Crippen LogP) is 0.863. The molecule has 0 fully saturated rings. The Morgan fingerprint density at radius 2 is 2.07 bits per heavy atom. The van der Waals surface area contributed by atoms with Crippen LogP contribution in [0.25, 0.3) is 0 Å². The summed E-state index contributed by atoms with van der Waals surface area (Å²) in [4.78, 5) is 3.84. The third-order valence-electron chi connectivity index (χ3n) is 1.35. The number of rotatable bonds is 1. The van der Waals surface area contributed by atoms with Crippen LogP contribution in [-0.2, 0) is 16.8 Å². The second-order valence-electron chi connectivity index (χ2n) is 2.46.